The van der Waals surface area contributed by atoms with Gasteiger partial charge in [-0.3, -0.25) is 24.2 Å². The number of rotatable bonds is 33. The van der Waals surface area contributed by atoms with Gasteiger partial charge in [0.1, 0.15) is 19.5 Å². The highest BCUT2D eigenvalue weighted by Gasteiger charge is 2.39. The number of fused-ring (bicyclic) bond motifs is 4. The summed E-state index contributed by atoms with van der Waals surface area (Å²) in [5, 5.41) is 2.98. The van der Waals surface area contributed by atoms with Crippen molar-refractivity contribution in [2.45, 2.75) is 57.8 Å². The van der Waals surface area contributed by atoms with Crippen LogP contribution in [0.25, 0.3) is 0 Å². The Bertz CT molecular complexity index is 2760. The Kier molecular flexibility index (Phi) is 22.0. The molecule has 410 valence electrons. The number of para-hydroxylation sites is 1. The molecule has 2 N–H and O–H groups in total. The van der Waals surface area contributed by atoms with Crippen molar-refractivity contribution in [3.8, 4) is 23.0 Å². The molecule has 0 unspecified atom stereocenters. The first kappa shape index (κ1) is 57.2. The van der Waals surface area contributed by atoms with Crippen LogP contribution in [0.1, 0.15) is 68.7 Å². The highest BCUT2D eigenvalue weighted by molar-refractivity contribution is 6.12. The molecule has 0 bridgehead atoms. The number of carbonyl (C=O) groups excluding carboxylic acids is 4. The summed E-state index contributed by atoms with van der Waals surface area (Å²) < 4.78 is 41.5. The van der Waals surface area contributed by atoms with E-state index in [-0.39, 0.29) is 49.7 Å². The van der Waals surface area contributed by atoms with Crippen LogP contribution in [0.4, 0.5) is 22.7 Å². The number of hydrogen-bond acceptors (Lipinski definition) is 17. The Morgan fingerprint density at radius 2 is 1.47 bits per heavy atom. The number of nitrogens with zero attached hydrogens (tertiary/aromatic N) is 4. The first-order chi connectivity index (χ1) is 37.6. The molecule has 7 rings (SSSR count). The molecule has 0 saturated carbocycles. The fourth-order valence-corrected chi connectivity index (χ4v) is 9.17. The van der Waals surface area contributed by atoms with E-state index >= 15 is 0 Å². The molecule has 1 atom stereocenters. The van der Waals surface area contributed by atoms with E-state index in [0.29, 0.717) is 119 Å². The van der Waals surface area contributed by atoms with Gasteiger partial charge in [0, 0.05) is 76.7 Å². The van der Waals surface area contributed by atoms with Crippen LogP contribution >= 0.6 is 0 Å². The topological polar surface area (TPSA) is 197 Å². The normalized spacial score (nSPS) is 13.5. The molecule has 0 radical (unpaired) electrons. The van der Waals surface area contributed by atoms with Crippen LogP contribution in [0, 0.1) is 0 Å². The van der Waals surface area contributed by atoms with E-state index in [4.69, 9.17) is 42.8 Å². The molecule has 2 aliphatic heterocycles. The summed E-state index contributed by atoms with van der Waals surface area (Å²) in [5.74, 6) is 0.575. The van der Waals surface area contributed by atoms with Gasteiger partial charge < -0.3 is 62.8 Å². The van der Waals surface area contributed by atoms with Gasteiger partial charge in [-0.1, -0.05) is 48.5 Å². The number of benzene rings is 5. The van der Waals surface area contributed by atoms with E-state index in [1.54, 1.807) is 32.4 Å². The van der Waals surface area contributed by atoms with Gasteiger partial charge in [-0.15, -0.1) is 0 Å². The summed E-state index contributed by atoms with van der Waals surface area (Å²) >= 11 is 0. The van der Waals surface area contributed by atoms with Crippen molar-refractivity contribution in [1.82, 2.24) is 11.0 Å². The number of aldehydes is 1. The zero-order valence-electron chi connectivity index (χ0n) is 44.4. The number of hydrogen-bond donors (Lipinski definition) is 2. The molecule has 19 heteroatoms. The highest BCUT2D eigenvalue weighted by atomic mass is 16.9. The minimum atomic E-state index is -0.522. The van der Waals surface area contributed by atoms with Crippen molar-refractivity contribution in [2.24, 2.45) is 4.99 Å². The largest absolute Gasteiger partial charge is 0.493 e. The zero-order chi connectivity index (χ0) is 54.4. The lowest BCUT2D eigenvalue weighted by molar-refractivity contribution is -0.192. The summed E-state index contributed by atoms with van der Waals surface area (Å²) in [6.45, 7) is 8.01. The van der Waals surface area contributed by atoms with Gasteiger partial charge in [0.25, 0.3) is 11.8 Å². The zero-order valence-corrected chi connectivity index (χ0v) is 44.4. The molecule has 0 saturated heterocycles. The van der Waals surface area contributed by atoms with Crippen LogP contribution < -0.4 is 44.6 Å². The van der Waals surface area contributed by atoms with Gasteiger partial charge in [0.05, 0.1) is 82.4 Å². The maximum absolute atomic E-state index is 14.4. The molecule has 19 nitrogen and oxygen atoms in total. The number of likely N-dealkylation sites (N-methyl/N-ethyl adjacent to an activating group) is 1. The maximum Gasteiger partial charge on any atom is 0.327 e. The first-order valence-corrected chi connectivity index (χ1v) is 25.8. The second-order valence-electron chi connectivity index (χ2n) is 18.3. The van der Waals surface area contributed by atoms with Crippen LogP contribution in [0.5, 0.6) is 23.0 Å². The molecule has 5 aromatic carbocycles. The molecule has 2 heterocycles. The average molecular weight is 1060 g/mol. The smallest absolute Gasteiger partial charge is 0.327 e. The standard InChI is InChI=1S/C58H70N6O13/c1-59-49-36-54(52(70-4)34-47(49)57(67)60-20-19-41-14-7-6-8-15-41)74-39-42-30-43(32-45(31-42)63(22-25-72-28-29-73-27-26-69-3)21-13-18-56(66)77-61-76-24-12-11-23-65)40-75-55-37-51-48(35-53(55)71-5)58(68)64-46(38-62(51)2)33-44-16-9-10-17-50(44)64/h6-10,14-17,23,30-32,34-37,46,61H,1,11-13,18-22,24-29,33,38-40H2,2-5H3,(H,60,67)/t46-/m0/s1. The predicted octanol–water partition coefficient (Wildman–Crippen LogP) is 7.41. The lowest BCUT2D eigenvalue weighted by Gasteiger charge is -2.26. The Morgan fingerprint density at radius 3 is 2.19 bits per heavy atom. The molecule has 5 aromatic rings. The average Bonchev–Trinajstić information content (AvgIpc) is 3.81. The molecular weight excluding hydrogens is 989 g/mol. The van der Waals surface area contributed by atoms with E-state index in [1.807, 2.05) is 84.7 Å². The predicted molar refractivity (Wildman–Crippen MR) is 292 cm³/mol. The molecule has 0 fully saturated rings. The quantitative estimate of drug-likeness (QED) is 0.0182. The number of methoxy groups -OCH3 is 3. The fourth-order valence-electron chi connectivity index (χ4n) is 9.17. The molecule has 77 heavy (non-hydrogen) atoms. The maximum atomic E-state index is 14.4. The second-order valence-corrected chi connectivity index (χ2v) is 18.3. The Hall–Kier alpha value is -7.55. The number of nitrogens with one attached hydrogen (secondary N) is 2. The van der Waals surface area contributed by atoms with Crippen molar-refractivity contribution < 1.29 is 62.0 Å². The second kappa shape index (κ2) is 29.7. The van der Waals surface area contributed by atoms with Crippen molar-refractivity contribution in [3.05, 3.63) is 130 Å². The Morgan fingerprint density at radius 1 is 0.766 bits per heavy atom. The van der Waals surface area contributed by atoms with Crippen LogP contribution in [-0.2, 0) is 59.5 Å². The third-order valence-corrected chi connectivity index (χ3v) is 13.0. The monoisotopic (exact) mass is 1060 g/mol. The van der Waals surface area contributed by atoms with Crippen LogP contribution in [-0.4, -0.2) is 131 Å². The third-order valence-electron chi connectivity index (χ3n) is 13.0. The molecule has 0 aromatic heterocycles. The van der Waals surface area contributed by atoms with E-state index in [9.17, 15) is 19.2 Å². The van der Waals surface area contributed by atoms with Gasteiger partial charge >= 0.3 is 5.97 Å². The highest BCUT2D eigenvalue weighted by Crippen LogP contribution is 2.42. The molecule has 0 spiro atoms. The van der Waals surface area contributed by atoms with Crippen molar-refractivity contribution in [1.29, 1.82) is 0 Å². The number of ether oxygens (including phenoxy) is 7. The number of aliphatic imine (C=N–C) groups is 1. The van der Waals surface area contributed by atoms with Gasteiger partial charge in [-0.25, -0.2) is 0 Å². The van der Waals surface area contributed by atoms with E-state index in [1.165, 1.54) is 7.11 Å². The van der Waals surface area contributed by atoms with Gasteiger partial charge in [-0.2, -0.15) is 0 Å². The Balaban J connectivity index is 1.14. The minimum Gasteiger partial charge on any atom is -0.493 e. The van der Waals surface area contributed by atoms with Crippen LogP contribution in [0.2, 0.25) is 0 Å². The fraction of sp³-hybridized carbons (Fsp3) is 0.397. The van der Waals surface area contributed by atoms with E-state index in [0.717, 1.165) is 52.0 Å². The van der Waals surface area contributed by atoms with Crippen molar-refractivity contribution >= 4 is 53.5 Å². The number of amides is 2. The van der Waals surface area contributed by atoms with E-state index in [2.05, 4.69) is 38.5 Å². The van der Waals surface area contributed by atoms with E-state index < -0.39 is 5.97 Å². The lowest BCUT2D eigenvalue weighted by atomic mass is 10.1. The summed E-state index contributed by atoms with van der Waals surface area (Å²) in [4.78, 5) is 71.7. The Labute approximate surface area is 450 Å². The van der Waals surface area contributed by atoms with Crippen LogP contribution in [0.15, 0.2) is 102 Å². The van der Waals surface area contributed by atoms with Crippen LogP contribution in [0.3, 0.4) is 0 Å². The minimum absolute atomic E-state index is 0.0351. The molecule has 2 aliphatic rings. The molecule has 0 aliphatic carbocycles. The van der Waals surface area contributed by atoms with Crippen molar-refractivity contribution in [2.75, 3.05) is 109 Å². The van der Waals surface area contributed by atoms with Gasteiger partial charge in [0.15, 0.2) is 23.0 Å². The molecule has 2 amide bonds. The number of unbranched alkanes of at least 4 members (excludes halogenated alkanes) is 1. The third kappa shape index (κ3) is 16.0. The SMILES string of the molecule is C=Nc1cc(OCc2cc(COc3cc4c(cc3OC)C(=O)N3c5ccccc5C[C@H]3CN4C)cc(N(CCCC(=O)ONOCCCC=O)CCOCCOCCOC)c2)c(OC)cc1C(=O)NCCc1ccccc1. The first-order valence-electron chi connectivity index (χ1n) is 25.8. The summed E-state index contributed by atoms with van der Waals surface area (Å²) in [6, 6.07) is 30.7. The summed E-state index contributed by atoms with van der Waals surface area (Å²) in [6.07, 6.45) is 3.49. The molecular formula is C58H70N6O13. The summed E-state index contributed by atoms with van der Waals surface area (Å²) in [5.41, 5.74) is 9.55. The van der Waals surface area contributed by atoms with Gasteiger partial charge in [-0.05, 0) is 96.7 Å². The number of carbonyl (C=O) groups is 4. The van der Waals surface area contributed by atoms with Gasteiger partial charge in [0.2, 0.25) is 0 Å². The number of anilines is 3. The van der Waals surface area contributed by atoms with Crippen molar-refractivity contribution in [3.63, 3.8) is 0 Å². The lowest BCUT2D eigenvalue weighted by Crippen LogP contribution is -2.41. The summed E-state index contributed by atoms with van der Waals surface area (Å²) in [7, 11) is 6.66.